The number of ether oxygens (including phenoxy) is 2. The molecule has 1 aromatic carbocycles. The highest BCUT2D eigenvalue weighted by Gasteiger charge is 2.04. The van der Waals surface area contributed by atoms with Crippen LogP contribution < -0.4 is 10.1 Å². The minimum Gasteiger partial charge on any atom is -0.491 e. The monoisotopic (exact) mass is 249 g/mol. The van der Waals surface area contributed by atoms with E-state index in [1.165, 1.54) is 5.57 Å². The molecule has 100 valence electrons. The molecule has 0 atom stereocenters. The minimum atomic E-state index is 0.581. The van der Waals surface area contributed by atoms with Gasteiger partial charge in [0.05, 0.1) is 6.61 Å². The number of allylic oxidation sites excluding steroid dienone is 1. The Morgan fingerprint density at radius 2 is 2.06 bits per heavy atom. The number of hydrogen-bond donors (Lipinski definition) is 1. The SMILES string of the molecule is CNCC/C=C(/C)c1ccccc1OCCOC. The van der Waals surface area contributed by atoms with Gasteiger partial charge in [0.2, 0.25) is 0 Å². The first kappa shape index (κ1) is 14.7. The summed E-state index contributed by atoms with van der Waals surface area (Å²) < 4.78 is 10.7. The van der Waals surface area contributed by atoms with E-state index in [2.05, 4.69) is 24.4 Å². The summed E-state index contributed by atoms with van der Waals surface area (Å²) in [6.45, 7) is 4.30. The van der Waals surface area contributed by atoms with Crippen LogP contribution in [0, 0.1) is 0 Å². The van der Waals surface area contributed by atoms with Crippen molar-refractivity contribution in [2.24, 2.45) is 0 Å². The summed E-state index contributed by atoms with van der Waals surface area (Å²) in [6.07, 6.45) is 3.25. The van der Waals surface area contributed by atoms with Crippen molar-refractivity contribution in [3.8, 4) is 5.75 Å². The van der Waals surface area contributed by atoms with E-state index in [0.717, 1.165) is 24.3 Å². The average molecular weight is 249 g/mol. The highest BCUT2D eigenvalue weighted by Crippen LogP contribution is 2.25. The van der Waals surface area contributed by atoms with E-state index in [-0.39, 0.29) is 0 Å². The lowest BCUT2D eigenvalue weighted by atomic mass is 10.1. The minimum absolute atomic E-state index is 0.581. The molecule has 0 amide bonds. The molecule has 0 aromatic heterocycles. The van der Waals surface area contributed by atoms with Gasteiger partial charge in [-0.05, 0) is 38.6 Å². The molecule has 0 heterocycles. The van der Waals surface area contributed by atoms with E-state index in [1.54, 1.807) is 7.11 Å². The molecule has 0 aliphatic rings. The van der Waals surface area contributed by atoms with E-state index in [0.29, 0.717) is 13.2 Å². The molecule has 0 aliphatic carbocycles. The van der Waals surface area contributed by atoms with Gasteiger partial charge in [-0.1, -0.05) is 24.3 Å². The maximum atomic E-state index is 5.72. The summed E-state index contributed by atoms with van der Waals surface area (Å²) in [4.78, 5) is 0. The zero-order valence-electron chi connectivity index (χ0n) is 11.5. The molecule has 3 heteroatoms. The van der Waals surface area contributed by atoms with Gasteiger partial charge in [0, 0.05) is 12.7 Å². The van der Waals surface area contributed by atoms with Crippen LogP contribution in [-0.4, -0.2) is 33.9 Å². The molecular formula is C15H23NO2. The lowest BCUT2D eigenvalue weighted by Gasteiger charge is -2.11. The van der Waals surface area contributed by atoms with Crippen LogP contribution in [0.5, 0.6) is 5.75 Å². The standard InChI is InChI=1S/C15H23NO2/c1-13(7-6-10-16-2)14-8-4-5-9-15(14)18-12-11-17-3/h4-5,7-9,16H,6,10-12H2,1-3H3/b13-7-. The number of rotatable bonds is 8. The fraction of sp³-hybridized carbons (Fsp3) is 0.467. The third kappa shape index (κ3) is 4.90. The number of nitrogens with one attached hydrogen (secondary N) is 1. The van der Waals surface area contributed by atoms with Crippen molar-refractivity contribution in [3.63, 3.8) is 0 Å². The van der Waals surface area contributed by atoms with Crippen molar-refractivity contribution < 1.29 is 9.47 Å². The largest absolute Gasteiger partial charge is 0.491 e. The fourth-order valence-electron chi connectivity index (χ4n) is 1.70. The first-order valence-electron chi connectivity index (χ1n) is 6.32. The normalized spacial score (nSPS) is 11.6. The maximum Gasteiger partial charge on any atom is 0.126 e. The zero-order valence-corrected chi connectivity index (χ0v) is 11.5. The van der Waals surface area contributed by atoms with Crippen molar-refractivity contribution in [2.45, 2.75) is 13.3 Å². The van der Waals surface area contributed by atoms with Gasteiger partial charge in [-0.2, -0.15) is 0 Å². The van der Waals surface area contributed by atoms with Gasteiger partial charge in [0.25, 0.3) is 0 Å². The smallest absolute Gasteiger partial charge is 0.126 e. The van der Waals surface area contributed by atoms with Crippen molar-refractivity contribution in [1.29, 1.82) is 0 Å². The molecule has 1 aromatic rings. The average Bonchev–Trinajstić information content (AvgIpc) is 2.40. The molecular weight excluding hydrogens is 226 g/mol. The second-order valence-electron chi connectivity index (χ2n) is 4.12. The molecule has 3 nitrogen and oxygen atoms in total. The first-order chi connectivity index (χ1) is 8.79. The number of para-hydroxylation sites is 1. The Hall–Kier alpha value is -1.32. The Kier molecular flexibility index (Phi) is 7.14. The third-order valence-corrected chi connectivity index (χ3v) is 2.70. The molecule has 0 saturated carbocycles. The topological polar surface area (TPSA) is 30.5 Å². The molecule has 0 saturated heterocycles. The molecule has 0 radical (unpaired) electrons. The van der Waals surface area contributed by atoms with Crippen LogP contribution in [-0.2, 0) is 4.74 Å². The van der Waals surface area contributed by atoms with Gasteiger partial charge < -0.3 is 14.8 Å². The van der Waals surface area contributed by atoms with Gasteiger partial charge in [-0.3, -0.25) is 0 Å². The van der Waals surface area contributed by atoms with Crippen molar-refractivity contribution in [2.75, 3.05) is 33.9 Å². The van der Waals surface area contributed by atoms with E-state index in [4.69, 9.17) is 9.47 Å². The fourth-order valence-corrected chi connectivity index (χ4v) is 1.70. The summed E-state index contributed by atoms with van der Waals surface area (Å²) >= 11 is 0. The van der Waals surface area contributed by atoms with E-state index >= 15 is 0 Å². The molecule has 0 aliphatic heterocycles. The Morgan fingerprint density at radius 3 is 2.78 bits per heavy atom. The summed E-state index contributed by atoms with van der Waals surface area (Å²) in [7, 11) is 3.64. The van der Waals surface area contributed by atoms with Crippen LogP contribution in [0.1, 0.15) is 18.9 Å². The van der Waals surface area contributed by atoms with E-state index in [1.807, 2.05) is 25.2 Å². The number of hydrogen-bond acceptors (Lipinski definition) is 3. The van der Waals surface area contributed by atoms with Crippen LogP contribution in [0.4, 0.5) is 0 Å². The third-order valence-electron chi connectivity index (χ3n) is 2.70. The van der Waals surface area contributed by atoms with Crippen molar-refractivity contribution >= 4 is 5.57 Å². The van der Waals surface area contributed by atoms with Gasteiger partial charge >= 0.3 is 0 Å². The molecule has 1 N–H and O–H groups in total. The lowest BCUT2D eigenvalue weighted by molar-refractivity contribution is 0.146. The summed E-state index contributed by atoms with van der Waals surface area (Å²) in [5.74, 6) is 0.924. The molecule has 0 fully saturated rings. The van der Waals surface area contributed by atoms with Gasteiger partial charge in [-0.25, -0.2) is 0 Å². The maximum absolute atomic E-state index is 5.72. The molecule has 0 spiro atoms. The van der Waals surface area contributed by atoms with E-state index in [9.17, 15) is 0 Å². The quantitative estimate of drug-likeness (QED) is 0.719. The first-order valence-corrected chi connectivity index (χ1v) is 6.32. The second kappa shape index (κ2) is 8.72. The summed E-state index contributed by atoms with van der Waals surface area (Å²) in [5.41, 5.74) is 2.41. The van der Waals surface area contributed by atoms with Crippen LogP contribution in [0.15, 0.2) is 30.3 Å². The summed E-state index contributed by atoms with van der Waals surface area (Å²) in [5, 5.41) is 3.14. The highest BCUT2D eigenvalue weighted by atomic mass is 16.5. The van der Waals surface area contributed by atoms with Crippen LogP contribution in [0.25, 0.3) is 5.57 Å². The molecule has 18 heavy (non-hydrogen) atoms. The van der Waals surface area contributed by atoms with Gasteiger partial charge in [0.1, 0.15) is 12.4 Å². The van der Waals surface area contributed by atoms with Gasteiger partial charge in [-0.15, -0.1) is 0 Å². The zero-order chi connectivity index (χ0) is 13.2. The Morgan fingerprint density at radius 1 is 1.28 bits per heavy atom. The van der Waals surface area contributed by atoms with Crippen LogP contribution in [0.2, 0.25) is 0 Å². The molecule has 0 unspecified atom stereocenters. The van der Waals surface area contributed by atoms with Crippen molar-refractivity contribution in [3.05, 3.63) is 35.9 Å². The number of benzene rings is 1. The predicted molar refractivity (Wildman–Crippen MR) is 76.0 cm³/mol. The Labute approximate surface area is 110 Å². The summed E-state index contributed by atoms with van der Waals surface area (Å²) in [6, 6.07) is 8.12. The molecule has 0 bridgehead atoms. The Bertz CT molecular complexity index is 375. The highest BCUT2D eigenvalue weighted by molar-refractivity contribution is 5.68. The van der Waals surface area contributed by atoms with Crippen molar-refractivity contribution in [1.82, 2.24) is 5.32 Å². The van der Waals surface area contributed by atoms with Crippen LogP contribution >= 0.6 is 0 Å². The number of methoxy groups -OCH3 is 1. The lowest BCUT2D eigenvalue weighted by Crippen LogP contribution is -2.06. The van der Waals surface area contributed by atoms with E-state index < -0.39 is 0 Å². The Balaban J connectivity index is 2.71. The predicted octanol–water partition coefficient (Wildman–Crippen LogP) is 2.72. The molecule has 1 rings (SSSR count). The van der Waals surface area contributed by atoms with Crippen LogP contribution in [0.3, 0.4) is 0 Å². The second-order valence-corrected chi connectivity index (χ2v) is 4.12. The van der Waals surface area contributed by atoms with Gasteiger partial charge in [0.15, 0.2) is 0 Å².